The van der Waals surface area contributed by atoms with Crippen LogP contribution in [0.25, 0.3) is 0 Å². The average Bonchev–Trinajstić information content (AvgIpc) is 2.96. The van der Waals surface area contributed by atoms with Crippen molar-refractivity contribution in [1.29, 1.82) is 0 Å². The first-order valence-corrected chi connectivity index (χ1v) is 6.81. The average molecular weight is 272 g/mol. The minimum Gasteiger partial charge on any atom is -0.384 e. The summed E-state index contributed by atoms with van der Waals surface area (Å²) in [6.45, 7) is 5.32. The number of hydrogen-bond acceptors (Lipinski definition) is 3. The molecule has 0 saturated heterocycles. The highest BCUT2D eigenvalue weighted by molar-refractivity contribution is 5.99. The van der Waals surface area contributed by atoms with E-state index in [1.807, 2.05) is 25.1 Å². The number of nitrogens with one attached hydrogen (secondary N) is 3. The maximum absolute atomic E-state index is 12.3. The van der Waals surface area contributed by atoms with Crippen LogP contribution in [-0.4, -0.2) is 22.4 Å². The molecule has 5 heteroatoms. The zero-order valence-corrected chi connectivity index (χ0v) is 11.9. The number of carbonyl (C=O) groups is 1. The summed E-state index contributed by atoms with van der Waals surface area (Å²) >= 11 is 0. The first-order chi connectivity index (χ1) is 9.70. The Bertz CT molecular complexity index is 563. The molecule has 5 nitrogen and oxygen atoms in total. The Morgan fingerprint density at radius 3 is 2.95 bits per heavy atom. The lowest BCUT2D eigenvalue weighted by Crippen LogP contribution is -2.24. The van der Waals surface area contributed by atoms with Gasteiger partial charge in [-0.2, -0.15) is 0 Å². The molecule has 0 fully saturated rings. The van der Waals surface area contributed by atoms with E-state index in [-0.39, 0.29) is 5.91 Å². The fourth-order valence-corrected chi connectivity index (χ4v) is 1.91. The van der Waals surface area contributed by atoms with Crippen molar-refractivity contribution < 1.29 is 4.79 Å². The number of amides is 1. The van der Waals surface area contributed by atoms with E-state index in [0.717, 1.165) is 30.0 Å². The molecule has 1 amide bonds. The quantitative estimate of drug-likeness (QED) is 0.756. The van der Waals surface area contributed by atoms with Gasteiger partial charge in [-0.15, -0.1) is 0 Å². The minimum absolute atomic E-state index is 0.0938. The molecule has 1 heterocycles. The van der Waals surface area contributed by atoms with Crippen molar-refractivity contribution in [3.63, 3.8) is 0 Å². The number of hydrogen-bond donors (Lipinski definition) is 3. The minimum atomic E-state index is -0.0938. The van der Waals surface area contributed by atoms with Crippen LogP contribution < -0.4 is 10.6 Å². The lowest BCUT2D eigenvalue weighted by Gasteiger charge is -2.12. The molecular weight excluding hydrogens is 252 g/mol. The maximum atomic E-state index is 12.3. The second-order valence-corrected chi connectivity index (χ2v) is 4.69. The smallest absolute Gasteiger partial charge is 0.253 e. The van der Waals surface area contributed by atoms with Crippen molar-refractivity contribution in [2.24, 2.45) is 0 Å². The summed E-state index contributed by atoms with van der Waals surface area (Å²) in [7, 11) is 0. The fourth-order valence-electron chi connectivity index (χ4n) is 1.91. The van der Waals surface area contributed by atoms with Gasteiger partial charge in [-0.25, -0.2) is 4.98 Å². The Balaban J connectivity index is 2.08. The van der Waals surface area contributed by atoms with Crippen molar-refractivity contribution in [2.45, 2.75) is 26.8 Å². The third-order valence-electron chi connectivity index (χ3n) is 2.96. The Morgan fingerprint density at radius 2 is 2.25 bits per heavy atom. The summed E-state index contributed by atoms with van der Waals surface area (Å²) < 4.78 is 0. The monoisotopic (exact) mass is 272 g/mol. The number of benzene rings is 1. The summed E-state index contributed by atoms with van der Waals surface area (Å²) in [5.74, 6) is 0.651. The van der Waals surface area contributed by atoms with E-state index >= 15 is 0 Å². The van der Waals surface area contributed by atoms with E-state index in [1.54, 1.807) is 12.4 Å². The highest BCUT2D eigenvalue weighted by atomic mass is 16.1. The van der Waals surface area contributed by atoms with Gasteiger partial charge in [0.2, 0.25) is 0 Å². The Kier molecular flexibility index (Phi) is 4.76. The van der Waals surface area contributed by atoms with Crippen molar-refractivity contribution in [2.75, 3.05) is 11.9 Å². The Labute approximate surface area is 118 Å². The predicted octanol–water partition coefficient (Wildman–Crippen LogP) is 2.47. The molecule has 0 unspecified atom stereocenters. The third-order valence-corrected chi connectivity index (χ3v) is 2.96. The van der Waals surface area contributed by atoms with E-state index < -0.39 is 0 Å². The third kappa shape index (κ3) is 3.60. The normalized spacial score (nSPS) is 10.3. The molecule has 106 valence electrons. The summed E-state index contributed by atoms with van der Waals surface area (Å²) in [5, 5.41) is 6.15. The molecule has 0 aliphatic heterocycles. The molecule has 1 aromatic heterocycles. The molecule has 0 aliphatic carbocycles. The van der Waals surface area contributed by atoms with Crippen LogP contribution in [-0.2, 0) is 6.54 Å². The molecule has 2 aromatic rings. The highest BCUT2D eigenvalue weighted by Gasteiger charge is 2.11. The Morgan fingerprint density at radius 1 is 1.40 bits per heavy atom. The summed E-state index contributed by atoms with van der Waals surface area (Å²) in [6.07, 6.45) is 4.42. The molecule has 1 aromatic carbocycles. The van der Waals surface area contributed by atoms with E-state index in [9.17, 15) is 4.79 Å². The van der Waals surface area contributed by atoms with Gasteiger partial charge < -0.3 is 15.6 Å². The van der Waals surface area contributed by atoms with Gasteiger partial charge in [0.05, 0.1) is 12.1 Å². The van der Waals surface area contributed by atoms with E-state index in [4.69, 9.17) is 0 Å². The standard InChI is InChI=1S/C15H20N4O/c1-3-6-16-13-5-4-11(2)9-12(13)15(20)19-10-14-17-7-8-18-14/h4-5,7-9,16H,3,6,10H2,1-2H3,(H,17,18)(H,19,20). The second kappa shape index (κ2) is 6.75. The van der Waals surface area contributed by atoms with Gasteiger partial charge in [0.15, 0.2) is 0 Å². The molecule has 20 heavy (non-hydrogen) atoms. The van der Waals surface area contributed by atoms with Crippen LogP contribution in [0, 0.1) is 6.92 Å². The summed E-state index contributed by atoms with van der Waals surface area (Å²) in [6, 6.07) is 5.85. The lowest BCUT2D eigenvalue weighted by atomic mass is 10.1. The molecule has 0 radical (unpaired) electrons. The maximum Gasteiger partial charge on any atom is 0.253 e. The second-order valence-electron chi connectivity index (χ2n) is 4.69. The van der Waals surface area contributed by atoms with Gasteiger partial charge in [0.1, 0.15) is 5.82 Å². The number of imidazole rings is 1. The number of aromatic amines is 1. The van der Waals surface area contributed by atoms with Gasteiger partial charge in [-0.05, 0) is 25.5 Å². The number of anilines is 1. The van der Waals surface area contributed by atoms with Crippen LogP contribution >= 0.6 is 0 Å². The first kappa shape index (κ1) is 14.1. The number of rotatable bonds is 6. The summed E-state index contributed by atoms with van der Waals surface area (Å²) in [5.41, 5.74) is 2.61. The molecule has 0 atom stereocenters. The number of aromatic nitrogens is 2. The number of H-pyrrole nitrogens is 1. The van der Waals surface area contributed by atoms with Gasteiger partial charge in [0.25, 0.3) is 5.91 Å². The highest BCUT2D eigenvalue weighted by Crippen LogP contribution is 2.17. The van der Waals surface area contributed by atoms with Gasteiger partial charge in [-0.3, -0.25) is 4.79 Å². The molecule has 3 N–H and O–H groups in total. The molecule has 0 bridgehead atoms. The van der Waals surface area contributed by atoms with E-state index in [2.05, 4.69) is 27.5 Å². The van der Waals surface area contributed by atoms with Crippen molar-refractivity contribution in [3.05, 3.63) is 47.5 Å². The van der Waals surface area contributed by atoms with Crippen LogP contribution in [0.15, 0.2) is 30.6 Å². The van der Waals surface area contributed by atoms with Crippen LogP contribution in [0.2, 0.25) is 0 Å². The topological polar surface area (TPSA) is 69.8 Å². The Hall–Kier alpha value is -2.30. The van der Waals surface area contributed by atoms with Crippen LogP contribution in [0.4, 0.5) is 5.69 Å². The number of aryl methyl sites for hydroxylation is 1. The van der Waals surface area contributed by atoms with Crippen molar-refractivity contribution in [3.8, 4) is 0 Å². The fraction of sp³-hybridized carbons (Fsp3) is 0.333. The predicted molar refractivity (Wildman–Crippen MR) is 79.7 cm³/mol. The molecular formula is C15H20N4O. The largest absolute Gasteiger partial charge is 0.384 e. The molecule has 0 saturated carbocycles. The van der Waals surface area contributed by atoms with Crippen molar-refractivity contribution in [1.82, 2.24) is 15.3 Å². The van der Waals surface area contributed by atoms with Gasteiger partial charge >= 0.3 is 0 Å². The SMILES string of the molecule is CCCNc1ccc(C)cc1C(=O)NCc1ncc[nH]1. The van der Waals surface area contributed by atoms with Crippen LogP contribution in [0.1, 0.15) is 35.1 Å². The lowest BCUT2D eigenvalue weighted by molar-refractivity contribution is 0.0950. The van der Waals surface area contributed by atoms with E-state index in [0.29, 0.717) is 12.1 Å². The molecule has 0 spiro atoms. The zero-order valence-electron chi connectivity index (χ0n) is 11.9. The van der Waals surface area contributed by atoms with Gasteiger partial charge in [-0.1, -0.05) is 18.6 Å². The van der Waals surface area contributed by atoms with Crippen LogP contribution in [0.3, 0.4) is 0 Å². The van der Waals surface area contributed by atoms with Gasteiger partial charge in [0, 0.05) is 24.6 Å². The first-order valence-electron chi connectivity index (χ1n) is 6.81. The number of nitrogens with zero attached hydrogens (tertiary/aromatic N) is 1. The molecule has 2 rings (SSSR count). The zero-order chi connectivity index (χ0) is 14.4. The summed E-state index contributed by atoms with van der Waals surface area (Å²) in [4.78, 5) is 19.3. The number of carbonyl (C=O) groups excluding carboxylic acids is 1. The van der Waals surface area contributed by atoms with Crippen molar-refractivity contribution >= 4 is 11.6 Å². The molecule has 0 aliphatic rings. The van der Waals surface area contributed by atoms with E-state index in [1.165, 1.54) is 0 Å². The van der Waals surface area contributed by atoms with Crippen LogP contribution in [0.5, 0.6) is 0 Å².